The summed E-state index contributed by atoms with van der Waals surface area (Å²) in [5, 5.41) is 4.41. The molecule has 9 heteroatoms. The van der Waals surface area contributed by atoms with Gasteiger partial charge < -0.3 is 19.5 Å². The molecule has 152 valence electrons. The van der Waals surface area contributed by atoms with Crippen LogP contribution < -0.4 is 5.32 Å². The molecule has 0 saturated carbocycles. The maximum absolute atomic E-state index is 13.4. The average Bonchev–Trinajstić information content (AvgIpc) is 3.44. The van der Waals surface area contributed by atoms with Crippen LogP contribution in [0.1, 0.15) is 15.4 Å². The average molecular weight is 431 g/mol. The van der Waals surface area contributed by atoms with Gasteiger partial charge in [-0.15, -0.1) is 23.1 Å². The third-order valence-corrected chi connectivity index (χ3v) is 6.69. The largest absolute Gasteiger partial charge is 0.383 e. The normalized spacial score (nSPS) is 16.5. The summed E-state index contributed by atoms with van der Waals surface area (Å²) in [4.78, 5) is 33.1. The highest BCUT2D eigenvalue weighted by atomic mass is 32.2. The number of carbonyl (C=O) groups is 2. The van der Waals surface area contributed by atoms with E-state index in [2.05, 4.69) is 10.3 Å². The summed E-state index contributed by atoms with van der Waals surface area (Å²) in [5.74, 6) is 0.717. The van der Waals surface area contributed by atoms with Gasteiger partial charge in [0.15, 0.2) is 5.13 Å². The fourth-order valence-electron chi connectivity index (χ4n) is 3.42. The Morgan fingerprint density at radius 2 is 2.17 bits per heavy atom. The van der Waals surface area contributed by atoms with Gasteiger partial charge in [0.05, 0.1) is 12.5 Å². The lowest BCUT2D eigenvalue weighted by Crippen LogP contribution is -2.45. The van der Waals surface area contributed by atoms with Crippen LogP contribution in [0.5, 0.6) is 0 Å². The van der Waals surface area contributed by atoms with Gasteiger partial charge in [-0.25, -0.2) is 4.98 Å². The van der Waals surface area contributed by atoms with E-state index in [1.807, 2.05) is 41.8 Å². The topological polar surface area (TPSA) is 76.5 Å². The summed E-state index contributed by atoms with van der Waals surface area (Å²) in [7, 11) is 1.64. The van der Waals surface area contributed by atoms with Crippen molar-refractivity contribution in [3.8, 4) is 0 Å². The van der Waals surface area contributed by atoms with Gasteiger partial charge in [0.1, 0.15) is 11.7 Å². The van der Waals surface area contributed by atoms with Crippen molar-refractivity contribution in [2.45, 2.75) is 19.5 Å². The number of carbonyl (C=O) groups excluding carboxylic acids is 2. The van der Waals surface area contributed by atoms with Crippen molar-refractivity contribution in [2.24, 2.45) is 0 Å². The molecule has 0 radical (unpaired) electrons. The van der Waals surface area contributed by atoms with Crippen LogP contribution in [0, 0.1) is 6.92 Å². The maximum Gasteiger partial charge on any atom is 0.271 e. The standard InChI is InChI=1S/C20H22N4O3S2/c1-13-10-21-20(29-13)22-18(25)17-11-28-12-24(17)19(26)16-9-14-5-3-4-6-15(14)23(16)7-8-27-2/h3-6,9-10,17H,7-8,11-12H2,1-2H3,(H,21,22,25). The van der Waals surface area contributed by atoms with Crippen molar-refractivity contribution < 1.29 is 14.3 Å². The number of aromatic nitrogens is 2. The van der Waals surface area contributed by atoms with Gasteiger partial charge in [-0.1, -0.05) is 18.2 Å². The second-order valence-corrected chi connectivity index (χ2v) is 9.02. The number of hydrogen-bond acceptors (Lipinski definition) is 6. The number of benzene rings is 1. The Balaban J connectivity index is 1.60. The number of ether oxygens (including phenoxy) is 1. The Morgan fingerprint density at radius 3 is 2.93 bits per heavy atom. The minimum atomic E-state index is -0.523. The number of aryl methyl sites for hydroxylation is 1. The van der Waals surface area contributed by atoms with Gasteiger partial charge in [0, 0.05) is 41.4 Å². The van der Waals surface area contributed by atoms with Gasteiger partial charge in [-0.05, 0) is 19.1 Å². The van der Waals surface area contributed by atoms with Crippen molar-refractivity contribution >= 4 is 50.9 Å². The van der Waals surface area contributed by atoms with Gasteiger partial charge in [0.2, 0.25) is 5.91 Å². The zero-order valence-corrected chi connectivity index (χ0v) is 17.9. The zero-order chi connectivity index (χ0) is 20.4. The molecule has 1 fully saturated rings. The molecule has 1 aromatic carbocycles. The van der Waals surface area contributed by atoms with Crippen molar-refractivity contribution in [1.82, 2.24) is 14.5 Å². The predicted octanol–water partition coefficient (Wildman–Crippen LogP) is 3.21. The van der Waals surface area contributed by atoms with E-state index in [0.717, 1.165) is 15.8 Å². The predicted molar refractivity (Wildman–Crippen MR) is 117 cm³/mol. The molecule has 1 atom stereocenters. The number of para-hydroxylation sites is 1. The molecular formula is C20H22N4O3S2. The monoisotopic (exact) mass is 430 g/mol. The lowest BCUT2D eigenvalue weighted by molar-refractivity contribution is -0.119. The summed E-state index contributed by atoms with van der Waals surface area (Å²) < 4.78 is 7.21. The first-order chi connectivity index (χ1) is 14.1. The molecule has 7 nitrogen and oxygen atoms in total. The van der Waals surface area contributed by atoms with Crippen molar-refractivity contribution in [1.29, 1.82) is 0 Å². The molecule has 29 heavy (non-hydrogen) atoms. The second kappa shape index (κ2) is 8.56. The molecule has 1 saturated heterocycles. The van der Waals surface area contributed by atoms with Gasteiger partial charge >= 0.3 is 0 Å². The second-order valence-electron chi connectivity index (χ2n) is 6.79. The van der Waals surface area contributed by atoms with Crippen LogP contribution in [0.4, 0.5) is 5.13 Å². The highest BCUT2D eigenvalue weighted by Crippen LogP contribution is 2.28. The number of thiazole rings is 1. The summed E-state index contributed by atoms with van der Waals surface area (Å²) in [6.45, 7) is 3.01. The van der Waals surface area contributed by atoms with Crippen molar-refractivity contribution in [3.63, 3.8) is 0 Å². The van der Waals surface area contributed by atoms with Crippen LogP contribution in [-0.2, 0) is 16.1 Å². The fraction of sp³-hybridized carbons (Fsp3) is 0.350. The fourth-order valence-corrected chi connectivity index (χ4v) is 5.24. The van der Waals surface area contributed by atoms with Crippen LogP contribution in [0.3, 0.4) is 0 Å². The van der Waals surface area contributed by atoms with E-state index in [4.69, 9.17) is 4.74 Å². The van der Waals surface area contributed by atoms with Crippen LogP contribution in [0.15, 0.2) is 36.5 Å². The Hall–Kier alpha value is -2.36. The number of methoxy groups -OCH3 is 1. The van der Waals surface area contributed by atoms with Gasteiger partial charge in [-0.2, -0.15) is 0 Å². The number of nitrogens with one attached hydrogen (secondary N) is 1. The minimum absolute atomic E-state index is 0.141. The van der Waals surface area contributed by atoms with E-state index in [1.165, 1.54) is 11.3 Å². The Morgan fingerprint density at radius 1 is 1.34 bits per heavy atom. The summed E-state index contributed by atoms with van der Waals surface area (Å²) in [6, 6.07) is 9.27. The van der Waals surface area contributed by atoms with Crippen molar-refractivity contribution in [3.05, 3.63) is 47.1 Å². The molecule has 3 aromatic rings. The molecule has 0 aliphatic carbocycles. The van der Waals surface area contributed by atoms with E-state index in [0.29, 0.717) is 35.6 Å². The zero-order valence-electron chi connectivity index (χ0n) is 16.3. The number of nitrogens with zero attached hydrogens (tertiary/aromatic N) is 3. The number of thioether (sulfide) groups is 1. The van der Waals surface area contributed by atoms with Gasteiger partial charge in [-0.3, -0.25) is 9.59 Å². The third kappa shape index (κ3) is 4.03. The first-order valence-electron chi connectivity index (χ1n) is 9.27. The van der Waals surface area contributed by atoms with E-state index >= 15 is 0 Å². The summed E-state index contributed by atoms with van der Waals surface area (Å²) >= 11 is 3.01. The molecule has 3 heterocycles. The smallest absolute Gasteiger partial charge is 0.271 e. The van der Waals surface area contributed by atoms with Gasteiger partial charge in [0.25, 0.3) is 5.91 Å². The first-order valence-corrected chi connectivity index (χ1v) is 11.2. The molecule has 1 unspecified atom stereocenters. The molecule has 1 aliphatic rings. The number of hydrogen-bond donors (Lipinski definition) is 1. The van der Waals surface area contributed by atoms with Crippen LogP contribution in [0.2, 0.25) is 0 Å². The quantitative estimate of drug-likeness (QED) is 0.650. The summed E-state index contributed by atoms with van der Waals surface area (Å²) in [6.07, 6.45) is 1.72. The third-order valence-electron chi connectivity index (χ3n) is 4.85. The molecule has 4 rings (SSSR count). The Bertz CT molecular complexity index is 1050. The van der Waals surface area contributed by atoms with E-state index in [1.54, 1.807) is 30.0 Å². The first kappa shape index (κ1) is 19.9. The summed E-state index contributed by atoms with van der Waals surface area (Å²) in [5.41, 5.74) is 1.56. The molecule has 0 spiro atoms. The van der Waals surface area contributed by atoms with E-state index in [-0.39, 0.29) is 11.8 Å². The lowest BCUT2D eigenvalue weighted by atomic mass is 10.2. The lowest BCUT2D eigenvalue weighted by Gasteiger charge is -2.23. The Kier molecular flexibility index (Phi) is 5.89. The Labute approximate surface area is 177 Å². The van der Waals surface area contributed by atoms with Crippen LogP contribution in [-0.4, -0.2) is 57.7 Å². The van der Waals surface area contributed by atoms with Crippen LogP contribution >= 0.6 is 23.1 Å². The molecular weight excluding hydrogens is 408 g/mol. The highest BCUT2D eigenvalue weighted by molar-refractivity contribution is 7.99. The molecule has 1 N–H and O–H groups in total. The number of rotatable bonds is 6. The highest BCUT2D eigenvalue weighted by Gasteiger charge is 2.36. The van der Waals surface area contributed by atoms with Crippen LogP contribution in [0.25, 0.3) is 10.9 Å². The molecule has 0 bridgehead atoms. The number of anilines is 1. The van der Waals surface area contributed by atoms with E-state index < -0.39 is 6.04 Å². The molecule has 2 amide bonds. The molecule has 1 aliphatic heterocycles. The van der Waals surface area contributed by atoms with Crippen molar-refractivity contribution in [2.75, 3.05) is 30.7 Å². The van der Waals surface area contributed by atoms with E-state index in [9.17, 15) is 9.59 Å². The molecule has 2 aromatic heterocycles. The number of fused-ring (bicyclic) bond motifs is 1. The minimum Gasteiger partial charge on any atom is -0.383 e. The maximum atomic E-state index is 13.4. The number of amides is 2. The SMILES string of the molecule is COCCn1c(C(=O)N2CSCC2C(=O)Nc2ncc(C)s2)cc2ccccc21.